The van der Waals surface area contributed by atoms with Crippen LogP contribution in [0.2, 0.25) is 0 Å². The minimum atomic E-state index is -0.624. The van der Waals surface area contributed by atoms with Crippen LogP contribution in [0.25, 0.3) is 0 Å². The molecule has 3 aliphatic rings. The van der Waals surface area contributed by atoms with Crippen LogP contribution < -0.4 is 15.1 Å². The van der Waals surface area contributed by atoms with E-state index in [0.29, 0.717) is 49.5 Å². The Bertz CT molecular complexity index is 1090. The minimum absolute atomic E-state index is 0.00212. The lowest BCUT2D eigenvalue weighted by molar-refractivity contribution is -0.122. The monoisotopic (exact) mass is 452 g/mol. The standard InChI is InChI=1S/C24H25FN4O4/c25-17-6-8-18(9-7-17)29-16-24(33-23(29)32)10-3-12-27(13-11-24)15-22(31)28-14-21(30)26-19-4-1-2-5-20(19)28/h1-2,4-9H,3,10-16H2,(H,26,30). The van der Waals surface area contributed by atoms with Crippen LogP contribution in [0.5, 0.6) is 0 Å². The number of rotatable bonds is 3. The van der Waals surface area contributed by atoms with Gasteiger partial charge in [0.25, 0.3) is 0 Å². The molecular weight excluding hydrogens is 427 g/mol. The van der Waals surface area contributed by atoms with Gasteiger partial charge in [-0.2, -0.15) is 0 Å². The fraction of sp³-hybridized carbons (Fsp3) is 0.375. The number of hydrogen-bond acceptors (Lipinski definition) is 5. The normalized spacial score (nSPS) is 23.2. The highest BCUT2D eigenvalue weighted by molar-refractivity contribution is 6.10. The molecular formula is C24H25FN4O4. The van der Waals surface area contributed by atoms with Crippen molar-refractivity contribution >= 4 is 35.0 Å². The first-order valence-corrected chi connectivity index (χ1v) is 11.1. The molecule has 1 spiro atoms. The van der Waals surface area contributed by atoms with E-state index in [0.717, 1.165) is 6.42 Å². The molecule has 0 aliphatic carbocycles. The number of para-hydroxylation sites is 2. The first kappa shape index (κ1) is 21.4. The van der Waals surface area contributed by atoms with Crippen LogP contribution >= 0.6 is 0 Å². The van der Waals surface area contributed by atoms with E-state index in [4.69, 9.17) is 4.74 Å². The Morgan fingerprint density at radius 1 is 1.06 bits per heavy atom. The molecule has 1 atom stereocenters. The zero-order valence-corrected chi connectivity index (χ0v) is 18.1. The van der Waals surface area contributed by atoms with Crippen molar-refractivity contribution < 1.29 is 23.5 Å². The largest absolute Gasteiger partial charge is 0.441 e. The van der Waals surface area contributed by atoms with Gasteiger partial charge in [-0.3, -0.25) is 24.3 Å². The molecule has 1 N–H and O–H groups in total. The van der Waals surface area contributed by atoms with Crippen molar-refractivity contribution in [1.82, 2.24) is 4.90 Å². The predicted molar refractivity (Wildman–Crippen MR) is 121 cm³/mol. The van der Waals surface area contributed by atoms with Crippen LogP contribution in [0.3, 0.4) is 0 Å². The van der Waals surface area contributed by atoms with Crippen LogP contribution in [0.15, 0.2) is 48.5 Å². The molecule has 0 bridgehead atoms. The maximum Gasteiger partial charge on any atom is 0.415 e. The maximum absolute atomic E-state index is 13.3. The molecule has 33 heavy (non-hydrogen) atoms. The Balaban J connectivity index is 1.24. The number of ether oxygens (including phenoxy) is 1. The number of likely N-dealkylation sites (tertiary alicyclic amines) is 1. The summed E-state index contributed by atoms with van der Waals surface area (Å²) in [7, 11) is 0. The Kier molecular flexibility index (Phi) is 5.49. The van der Waals surface area contributed by atoms with E-state index in [2.05, 4.69) is 10.2 Å². The molecule has 3 amide bonds. The average Bonchev–Trinajstić information content (AvgIpc) is 3.00. The van der Waals surface area contributed by atoms with Gasteiger partial charge in [0, 0.05) is 18.7 Å². The number of carbonyl (C=O) groups excluding carboxylic acids is 3. The van der Waals surface area contributed by atoms with Crippen molar-refractivity contribution in [1.29, 1.82) is 0 Å². The number of nitrogens with one attached hydrogen (secondary N) is 1. The number of amides is 3. The van der Waals surface area contributed by atoms with E-state index in [-0.39, 0.29) is 30.7 Å². The Morgan fingerprint density at radius 3 is 2.67 bits per heavy atom. The van der Waals surface area contributed by atoms with Crippen LogP contribution in [-0.2, 0) is 14.3 Å². The molecule has 2 fully saturated rings. The van der Waals surface area contributed by atoms with Crippen LogP contribution in [-0.4, -0.2) is 61.1 Å². The highest BCUT2D eigenvalue weighted by Crippen LogP contribution is 2.36. The topological polar surface area (TPSA) is 82.2 Å². The van der Waals surface area contributed by atoms with Gasteiger partial charge >= 0.3 is 6.09 Å². The second kappa shape index (κ2) is 8.47. The third-order valence-electron chi connectivity index (χ3n) is 6.53. The summed E-state index contributed by atoms with van der Waals surface area (Å²) in [6, 6.07) is 13.1. The number of hydrogen-bond donors (Lipinski definition) is 1. The van der Waals surface area contributed by atoms with E-state index in [1.165, 1.54) is 17.0 Å². The summed E-state index contributed by atoms with van der Waals surface area (Å²) in [6.45, 7) is 1.88. The van der Waals surface area contributed by atoms with E-state index in [1.807, 2.05) is 18.2 Å². The van der Waals surface area contributed by atoms with Gasteiger partial charge < -0.3 is 10.1 Å². The average molecular weight is 452 g/mol. The molecule has 9 heteroatoms. The molecule has 3 aliphatic heterocycles. The predicted octanol–water partition coefficient (Wildman–Crippen LogP) is 2.99. The Labute approximate surface area is 190 Å². The smallest absolute Gasteiger partial charge is 0.415 e. The number of fused-ring (bicyclic) bond motifs is 1. The third kappa shape index (κ3) is 4.28. The molecule has 0 aromatic heterocycles. The molecule has 1 unspecified atom stereocenters. The Morgan fingerprint density at radius 2 is 1.85 bits per heavy atom. The molecule has 8 nitrogen and oxygen atoms in total. The van der Waals surface area contributed by atoms with Gasteiger partial charge in [-0.15, -0.1) is 0 Å². The summed E-state index contributed by atoms with van der Waals surface area (Å²) in [5, 5.41) is 2.80. The van der Waals surface area contributed by atoms with Gasteiger partial charge in [-0.25, -0.2) is 9.18 Å². The van der Waals surface area contributed by atoms with Crippen molar-refractivity contribution in [2.75, 3.05) is 47.8 Å². The molecule has 2 saturated heterocycles. The van der Waals surface area contributed by atoms with Crippen molar-refractivity contribution in [3.63, 3.8) is 0 Å². The first-order chi connectivity index (χ1) is 15.9. The maximum atomic E-state index is 13.3. The molecule has 2 aromatic rings. The van der Waals surface area contributed by atoms with Crippen molar-refractivity contribution in [2.45, 2.75) is 24.9 Å². The van der Waals surface area contributed by atoms with Gasteiger partial charge in [0.05, 0.1) is 24.5 Å². The van der Waals surface area contributed by atoms with E-state index in [9.17, 15) is 18.8 Å². The first-order valence-electron chi connectivity index (χ1n) is 11.1. The summed E-state index contributed by atoms with van der Waals surface area (Å²) in [4.78, 5) is 42.8. The SMILES string of the molecule is O=C1CN(C(=O)CN2CCCC3(CC2)CN(c2ccc(F)cc2)C(=O)O3)c2ccccc2N1. The van der Waals surface area contributed by atoms with E-state index >= 15 is 0 Å². The van der Waals surface area contributed by atoms with Gasteiger partial charge in [0.2, 0.25) is 11.8 Å². The molecule has 2 aromatic carbocycles. The summed E-state index contributed by atoms with van der Waals surface area (Å²) < 4.78 is 19.1. The van der Waals surface area contributed by atoms with E-state index in [1.54, 1.807) is 23.1 Å². The van der Waals surface area contributed by atoms with Gasteiger partial charge in [0.15, 0.2) is 0 Å². The van der Waals surface area contributed by atoms with Crippen LogP contribution in [0.1, 0.15) is 19.3 Å². The second-order valence-corrected chi connectivity index (χ2v) is 8.79. The van der Waals surface area contributed by atoms with Crippen LogP contribution in [0, 0.1) is 5.82 Å². The van der Waals surface area contributed by atoms with Crippen molar-refractivity contribution in [3.05, 3.63) is 54.3 Å². The van der Waals surface area contributed by atoms with Crippen molar-refractivity contribution in [2.24, 2.45) is 0 Å². The molecule has 0 saturated carbocycles. The Hall–Kier alpha value is -3.46. The molecule has 172 valence electrons. The number of anilines is 3. The quantitative estimate of drug-likeness (QED) is 0.774. The highest BCUT2D eigenvalue weighted by atomic mass is 19.1. The number of nitrogens with zero attached hydrogens (tertiary/aromatic N) is 3. The summed E-state index contributed by atoms with van der Waals surface area (Å²) >= 11 is 0. The van der Waals surface area contributed by atoms with Gasteiger partial charge in [-0.1, -0.05) is 12.1 Å². The minimum Gasteiger partial charge on any atom is -0.441 e. The van der Waals surface area contributed by atoms with Gasteiger partial charge in [-0.05, 0) is 55.8 Å². The third-order valence-corrected chi connectivity index (χ3v) is 6.53. The van der Waals surface area contributed by atoms with Crippen molar-refractivity contribution in [3.8, 4) is 0 Å². The lowest BCUT2D eigenvalue weighted by atomic mass is 9.95. The summed E-state index contributed by atoms with van der Waals surface area (Å²) in [5.74, 6) is -0.704. The zero-order chi connectivity index (χ0) is 23.0. The molecule has 5 rings (SSSR count). The molecule has 0 radical (unpaired) electrons. The second-order valence-electron chi connectivity index (χ2n) is 8.79. The molecule has 3 heterocycles. The lowest BCUT2D eigenvalue weighted by Gasteiger charge is -2.31. The number of halogens is 1. The number of benzene rings is 2. The summed E-state index contributed by atoms with van der Waals surface area (Å²) in [5.41, 5.74) is 1.32. The fourth-order valence-electron chi connectivity index (χ4n) is 4.82. The van der Waals surface area contributed by atoms with Crippen LogP contribution in [0.4, 0.5) is 26.2 Å². The highest BCUT2D eigenvalue weighted by Gasteiger charge is 2.46. The zero-order valence-electron chi connectivity index (χ0n) is 18.1. The summed E-state index contributed by atoms with van der Waals surface area (Å²) in [6.07, 6.45) is 1.63. The number of carbonyl (C=O) groups is 3. The van der Waals surface area contributed by atoms with Gasteiger partial charge in [0.1, 0.15) is 18.0 Å². The van der Waals surface area contributed by atoms with E-state index < -0.39 is 11.7 Å². The lowest BCUT2D eigenvalue weighted by Crippen LogP contribution is -2.47. The fourth-order valence-corrected chi connectivity index (χ4v) is 4.82.